The SMILES string of the molecule is COc1cccc(C(CN)N(C)CC2CCCN2C)c1. The van der Waals surface area contributed by atoms with Gasteiger partial charge in [-0.05, 0) is 51.2 Å². The van der Waals surface area contributed by atoms with E-state index in [2.05, 4.69) is 36.0 Å². The molecule has 1 heterocycles. The zero-order valence-corrected chi connectivity index (χ0v) is 12.9. The fourth-order valence-electron chi connectivity index (χ4n) is 3.09. The highest BCUT2D eigenvalue weighted by Crippen LogP contribution is 2.24. The maximum absolute atomic E-state index is 6.01. The molecule has 112 valence electrons. The van der Waals surface area contributed by atoms with E-state index >= 15 is 0 Å². The van der Waals surface area contributed by atoms with Crippen molar-refractivity contribution in [3.8, 4) is 5.75 Å². The summed E-state index contributed by atoms with van der Waals surface area (Å²) < 4.78 is 5.31. The Balaban J connectivity index is 2.06. The normalized spacial score (nSPS) is 21.4. The summed E-state index contributed by atoms with van der Waals surface area (Å²) >= 11 is 0. The molecule has 0 saturated carbocycles. The largest absolute Gasteiger partial charge is 0.497 e. The van der Waals surface area contributed by atoms with Crippen molar-refractivity contribution in [2.45, 2.75) is 24.9 Å². The molecule has 1 fully saturated rings. The minimum Gasteiger partial charge on any atom is -0.497 e. The van der Waals surface area contributed by atoms with Gasteiger partial charge in [0.15, 0.2) is 0 Å². The fourth-order valence-corrected chi connectivity index (χ4v) is 3.09. The molecule has 0 spiro atoms. The quantitative estimate of drug-likeness (QED) is 0.860. The van der Waals surface area contributed by atoms with Gasteiger partial charge < -0.3 is 15.4 Å². The number of nitrogens with zero attached hydrogens (tertiary/aromatic N) is 2. The van der Waals surface area contributed by atoms with Gasteiger partial charge in [0.1, 0.15) is 5.75 Å². The minimum atomic E-state index is 0.249. The van der Waals surface area contributed by atoms with Crippen LogP contribution in [0.15, 0.2) is 24.3 Å². The van der Waals surface area contributed by atoms with Crippen molar-refractivity contribution in [3.63, 3.8) is 0 Å². The van der Waals surface area contributed by atoms with E-state index in [0.29, 0.717) is 12.6 Å². The number of likely N-dealkylation sites (N-methyl/N-ethyl adjacent to an activating group) is 2. The molecule has 0 radical (unpaired) electrons. The lowest BCUT2D eigenvalue weighted by Gasteiger charge is -2.32. The first kappa shape index (κ1) is 15.3. The van der Waals surface area contributed by atoms with Crippen molar-refractivity contribution in [1.82, 2.24) is 9.80 Å². The molecule has 0 amide bonds. The van der Waals surface area contributed by atoms with Crippen LogP contribution in [-0.4, -0.2) is 56.7 Å². The highest BCUT2D eigenvalue weighted by molar-refractivity contribution is 5.30. The van der Waals surface area contributed by atoms with Crippen molar-refractivity contribution in [3.05, 3.63) is 29.8 Å². The summed E-state index contributed by atoms with van der Waals surface area (Å²) in [7, 11) is 6.09. The van der Waals surface area contributed by atoms with Gasteiger partial charge in [-0.3, -0.25) is 4.90 Å². The van der Waals surface area contributed by atoms with E-state index in [1.165, 1.54) is 24.9 Å². The Kier molecular flexibility index (Phi) is 5.40. The molecular formula is C16H27N3O. The highest BCUT2D eigenvalue weighted by atomic mass is 16.5. The lowest BCUT2D eigenvalue weighted by molar-refractivity contribution is 0.179. The molecule has 2 rings (SSSR count). The molecule has 4 nitrogen and oxygen atoms in total. The van der Waals surface area contributed by atoms with Crippen molar-refractivity contribution in [2.24, 2.45) is 5.73 Å². The number of hydrogen-bond donors (Lipinski definition) is 1. The van der Waals surface area contributed by atoms with Gasteiger partial charge in [-0.1, -0.05) is 12.1 Å². The zero-order chi connectivity index (χ0) is 14.5. The van der Waals surface area contributed by atoms with Crippen LogP contribution in [0.25, 0.3) is 0 Å². The fraction of sp³-hybridized carbons (Fsp3) is 0.625. The molecule has 2 atom stereocenters. The summed E-state index contributed by atoms with van der Waals surface area (Å²) in [6, 6.07) is 9.13. The number of ether oxygens (including phenoxy) is 1. The van der Waals surface area contributed by atoms with Gasteiger partial charge in [-0.25, -0.2) is 0 Å². The summed E-state index contributed by atoms with van der Waals surface area (Å²) in [6.07, 6.45) is 2.59. The Morgan fingerprint density at radius 2 is 2.30 bits per heavy atom. The van der Waals surface area contributed by atoms with E-state index in [1.54, 1.807) is 7.11 Å². The Morgan fingerprint density at radius 1 is 1.50 bits per heavy atom. The van der Waals surface area contributed by atoms with Crippen LogP contribution in [0.4, 0.5) is 0 Å². The average Bonchev–Trinajstić information content (AvgIpc) is 2.85. The van der Waals surface area contributed by atoms with E-state index in [0.717, 1.165) is 12.3 Å². The predicted molar refractivity (Wildman–Crippen MR) is 83.1 cm³/mol. The Morgan fingerprint density at radius 3 is 2.90 bits per heavy atom. The molecule has 2 unspecified atom stereocenters. The number of benzene rings is 1. The zero-order valence-electron chi connectivity index (χ0n) is 12.9. The lowest BCUT2D eigenvalue weighted by Crippen LogP contribution is -2.40. The molecule has 1 aliphatic heterocycles. The molecule has 0 aromatic heterocycles. The summed E-state index contributed by atoms with van der Waals surface area (Å²) in [6.45, 7) is 2.90. The number of nitrogens with two attached hydrogens (primary N) is 1. The predicted octanol–water partition coefficient (Wildman–Crippen LogP) is 1.72. The summed E-state index contributed by atoms with van der Waals surface area (Å²) in [5.74, 6) is 0.896. The van der Waals surface area contributed by atoms with E-state index in [4.69, 9.17) is 10.5 Å². The average molecular weight is 277 g/mol. The van der Waals surface area contributed by atoms with Crippen molar-refractivity contribution in [1.29, 1.82) is 0 Å². The number of rotatable bonds is 6. The van der Waals surface area contributed by atoms with E-state index in [1.807, 2.05) is 12.1 Å². The van der Waals surface area contributed by atoms with E-state index in [9.17, 15) is 0 Å². The van der Waals surface area contributed by atoms with E-state index < -0.39 is 0 Å². The molecule has 4 heteroatoms. The van der Waals surface area contributed by atoms with Gasteiger partial charge in [0, 0.05) is 25.2 Å². The van der Waals surface area contributed by atoms with Crippen LogP contribution >= 0.6 is 0 Å². The molecule has 0 bridgehead atoms. The van der Waals surface area contributed by atoms with Crippen molar-refractivity contribution < 1.29 is 4.74 Å². The lowest BCUT2D eigenvalue weighted by atomic mass is 10.0. The Hall–Kier alpha value is -1.10. The summed E-state index contributed by atoms with van der Waals surface area (Å²) in [5.41, 5.74) is 7.24. The molecule has 2 N–H and O–H groups in total. The van der Waals surface area contributed by atoms with Crippen LogP contribution in [0.5, 0.6) is 5.75 Å². The third-order valence-electron chi connectivity index (χ3n) is 4.40. The molecule has 1 aliphatic rings. The third kappa shape index (κ3) is 3.51. The summed E-state index contributed by atoms with van der Waals surface area (Å²) in [4.78, 5) is 4.83. The first-order valence-electron chi connectivity index (χ1n) is 7.40. The van der Waals surface area contributed by atoms with Crippen LogP contribution in [0.3, 0.4) is 0 Å². The Labute approximate surface area is 122 Å². The van der Waals surface area contributed by atoms with Crippen LogP contribution in [0, 0.1) is 0 Å². The first-order chi connectivity index (χ1) is 9.65. The van der Waals surface area contributed by atoms with Crippen LogP contribution < -0.4 is 10.5 Å². The summed E-state index contributed by atoms with van der Waals surface area (Å²) in [5, 5.41) is 0. The smallest absolute Gasteiger partial charge is 0.119 e. The second kappa shape index (κ2) is 7.07. The van der Waals surface area contributed by atoms with Gasteiger partial charge in [0.05, 0.1) is 7.11 Å². The first-order valence-corrected chi connectivity index (χ1v) is 7.40. The van der Waals surface area contributed by atoms with Gasteiger partial charge in [-0.2, -0.15) is 0 Å². The van der Waals surface area contributed by atoms with Crippen LogP contribution in [0.1, 0.15) is 24.4 Å². The third-order valence-corrected chi connectivity index (χ3v) is 4.40. The minimum absolute atomic E-state index is 0.249. The maximum Gasteiger partial charge on any atom is 0.119 e. The maximum atomic E-state index is 6.01. The molecule has 1 saturated heterocycles. The highest BCUT2D eigenvalue weighted by Gasteiger charge is 2.25. The Bertz CT molecular complexity index is 424. The van der Waals surface area contributed by atoms with Crippen LogP contribution in [0.2, 0.25) is 0 Å². The second-order valence-electron chi connectivity index (χ2n) is 5.74. The van der Waals surface area contributed by atoms with Gasteiger partial charge >= 0.3 is 0 Å². The number of likely N-dealkylation sites (tertiary alicyclic amines) is 1. The standard InChI is InChI=1S/C16H27N3O/c1-18-9-5-7-14(18)12-19(2)16(11-17)13-6-4-8-15(10-13)20-3/h4,6,8,10,14,16H,5,7,9,11-12,17H2,1-3H3. The van der Waals surface area contributed by atoms with Crippen LogP contribution in [-0.2, 0) is 0 Å². The van der Waals surface area contributed by atoms with Crippen molar-refractivity contribution in [2.75, 3.05) is 40.8 Å². The second-order valence-corrected chi connectivity index (χ2v) is 5.74. The van der Waals surface area contributed by atoms with E-state index in [-0.39, 0.29) is 6.04 Å². The molecule has 0 aliphatic carbocycles. The molecule has 1 aromatic rings. The number of methoxy groups -OCH3 is 1. The monoisotopic (exact) mass is 277 g/mol. The molecular weight excluding hydrogens is 250 g/mol. The molecule has 20 heavy (non-hydrogen) atoms. The van der Waals surface area contributed by atoms with Gasteiger partial charge in [0.2, 0.25) is 0 Å². The topological polar surface area (TPSA) is 41.7 Å². The van der Waals surface area contributed by atoms with Gasteiger partial charge in [0.25, 0.3) is 0 Å². The van der Waals surface area contributed by atoms with Crippen molar-refractivity contribution >= 4 is 0 Å². The van der Waals surface area contributed by atoms with Gasteiger partial charge in [-0.15, -0.1) is 0 Å². The molecule has 1 aromatic carbocycles. The number of hydrogen-bond acceptors (Lipinski definition) is 4.